The van der Waals surface area contributed by atoms with Gasteiger partial charge in [-0.15, -0.1) is 11.3 Å². The first kappa shape index (κ1) is 26.0. The number of carbonyl (C=O) groups excluding carboxylic acids is 1. The van der Waals surface area contributed by atoms with Crippen LogP contribution < -0.4 is 5.73 Å². The molecule has 0 bridgehead atoms. The molecule has 1 atom stereocenters. The highest BCUT2D eigenvalue weighted by Crippen LogP contribution is 2.41. The van der Waals surface area contributed by atoms with Gasteiger partial charge in [0.05, 0.1) is 12.2 Å². The monoisotopic (exact) mass is 472 g/mol. The third-order valence-corrected chi connectivity index (χ3v) is 8.19. The Bertz CT molecular complexity index is 793. The van der Waals surface area contributed by atoms with E-state index in [2.05, 4.69) is 11.9 Å². The lowest BCUT2D eigenvalue weighted by Gasteiger charge is -2.19. The van der Waals surface area contributed by atoms with Gasteiger partial charge >= 0.3 is 0 Å². The molecule has 1 saturated carbocycles. The average Bonchev–Trinajstić information content (AvgIpc) is 3.58. The van der Waals surface area contributed by atoms with Crippen LogP contribution in [0.15, 0.2) is 22.8 Å². The topological polar surface area (TPSA) is 69.1 Å². The van der Waals surface area contributed by atoms with Crippen molar-refractivity contribution in [1.82, 2.24) is 4.98 Å². The van der Waals surface area contributed by atoms with Crippen LogP contribution in [0.1, 0.15) is 127 Å². The summed E-state index contributed by atoms with van der Waals surface area (Å²) in [5, 5.41) is 0.523. The summed E-state index contributed by atoms with van der Waals surface area (Å²) in [7, 11) is 0. The van der Waals surface area contributed by atoms with Crippen LogP contribution >= 0.6 is 11.3 Å². The van der Waals surface area contributed by atoms with Crippen molar-refractivity contribution < 1.29 is 9.21 Å². The molecule has 0 radical (unpaired) electrons. The fourth-order valence-electron chi connectivity index (χ4n) is 5.26. The van der Waals surface area contributed by atoms with Gasteiger partial charge in [0.15, 0.2) is 10.9 Å². The van der Waals surface area contributed by atoms with Crippen LogP contribution in [0.5, 0.6) is 0 Å². The molecular weight excluding hydrogens is 428 g/mol. The normalized spacial score (nSPS) is 15.3. The molecule has 1 aliphatic carbocycles. The van der Waals surface area contributed by atoms with E-state index in [0.29, 0.717) is 10.9 Å². The summed E-state index contributed by atoms with van der Waals surface area (Å²) in [6, 6.07) is 3.78. The molecule has 5 heteroatoms. The lowest BCUT2D eigenvalue weighted by Crippen LogP contribution is -2.20. The summed E-state index contributed by atoms with van der Waals surface area (Å²) >= 11 is 1.48. The number of unbranched alkanes of at least 4 members (excludes halogenated alkanes) is 11. The summed E-state index contributed by atoms with van der Waals surface area (Å²) in [5.41, 5.74) is 6.88. The van der Waals surface area contributed by atoms with E-state index in [-0.39, 0.29) is 11.8 Å². The number of hydrogen-bond acceptors (Lipinski definition) is 5. The number of furan rings is 1. The number of thiazole rings is 1. The number of ketones is 1. The predicted molar refractivity (Wildman–Crippen MR) is 140 cm³/mol. The fraction of sp³-hybridized carbons (Fsp3) is 0.714. The zero-order valence-corrected chi connectivity index (χ0v) is 21.5. The molecule has 0 saturated heterocycles. The Morgan fingerprint density at radius 1 is 1.03 bits per heavy atom. The molecule has 1 aliphatic rings. The molecule has 1 fully saturated rings. The molecule has 3 rings (SSSR count). The van der Waals surface area contributed by atoms with E-state index >= 15 is 0 Å². The van der Waals surface area contributed by atoms with Crippen molar-refractivity contribution in [2.75, 3.05) is 5.73 Å². The summed E-state index contributed by atoms with van der Waals surface area (Å²) in [5.74, 6) is 1.25. The molecule has 2 N–H and O–H groups in total. The van der Waals surface area contributed by atoms with Crippen molar-refractivity contribution in [3.63, 3.8) is 0 Å². The summed E-state index contributed by atoms with van der Waals surface area (Å²) in [4.78, 5) is 19.1. The van der Waals surface area contributed by atoms with E-state index in [4.69, 9.17) is 10.2 Å². The van der Waals surface area contributed by atoms with Gasteiger partial charge in [-0.1, -0.05) is 96.8 Å². The van der Waals surface area contributed by atoms with Crippen molar-refractivity contribution >= 4 is 22.3 Å². The lowest BCUT2D eigenvalue weighted by molar-refractivity contribution is -0.124. The number of rotatable bonds is 17. The highest BCUT2D eigenvalue weighted by atomic mass is 32.1. The molecule has 2 aromatic heterocycles. The second-order valence-electron chi connectivity index (χ2n) is 9.86. The van der Waals surface area contributed by atoms with E-state index in [1.807, 2.05) is 12.1 Å². The van der Waals surface area contributed by atoms with E-state index in [9.17, 15) is 4.79 Å². The number of nitrogens with two attached hydrogens (primary N) is 1. The standard InChI is InChI=1S/C28H44N2O2S/c1-2-3-4-5-6-7-8-9-10-11-12-13-19-23(26(31)22-17-14-15-18-22)27-25(30-28(29)33-27)24-20-16-21-32-24/h16,20-23H,2-15,17-19H2,1H3,(H2,29,30). The van der Waals surface area contributed by atoms with Crippen molar-refractivity contribution in [2.24, 2.45) is 5.92 Å². The highest BCUT2D eigenvalue weighted by Gasteiger charge is 2.33. The molecule has 4 nitrogen and oxygen atoms in total. The Kier molecular flexibility index (Phi) is 11.5. The van der Waals surface area contributed by atoms with Crippen LogP contribution in [0.2, 0.25) is 0 Å². The third kappa shape index (κ3) is 8.27. The van der Waals surface area contributed by atoms with Crippen molar-refractivity contribution in [1.29, 1.82) is 0 Å². The largest absolute Gasteiger partial charge is 0.463 e. The smallest absolute Gasteiger partial charge is 0.180 e. The number of Topliss-reactive ketones (excluding diaryl/α,β-unsaturated/α-hetero) is 1. The number of hydrogen-bond donors (Lipinski definition) is 1. The molecule has 0 aliphatic heterocycles. The van der Waals surface area contributed by atoms with Gasteiger partial charge in [-0.25, -0.2) is 4.98 Å². The van der Waals surface area contributed by atoms with Crippen molar-refractivity contribution in [3.05, 3.63) is 23.3 Å². The Morgan fingerprint density at radius 2 is 1.64 bits per heavy atom. The third-order valence-electron chi connectivity index (χ3n) is 7.19. The number of anilines is 1. The fourth-order valence-corrected chi connectivity index (χ4v) is 6.24. The predicted octanol–water partition coefficient (Wildman–Crippen LogP) is 8.92. The Hall–Kier alpha value is -1.62. The number of carbonyl (C=O) groups is 1. The number of aromatic nitrogens is 1. The van der Waals surface area contributed by atoms with Gasteiger partial charge in [-0.2, -0.15) is 0 Å². The quantitative estimate of drug-likeness (QED) is 0.233. The first-order valence-electron chi connectivity index (χ1n) is 13.5. The van der Waals surface area contributed by atoms with Gasteiger partial charge in [0.2, 0.25) is 0 Å². The second kappa shape index (κ2) is 14.6. The molecule has 0 aromatic carbocycles. The second-order valence-corrected chi connectivity index (χ2v) is 10.9. The van der Waals surface area contributed by atoms with E-state index in [1.54, 1.807) is 6.26 Å². The van der Waals surface area contributed by atoms with Crippen LogP contribution in [0, 0.1) is 5.92 Å². The van der Waals surface area contributed by atoms with Gasteiger partial charge in [0, 0.05) is 10.8 Å². The van der Waals surface area contributed by atoms with Crippen LogP contribution in [0.4, 0.5) is 5.13 Å². The first-order chi connectivity index (χ1) is 16.2. The average molecular weight is 473 g/mol. The molecule has 0 spiro atoms. The van der Waals surface area contributed by atoms with Crippen molar-refractivity contribution in [3.8, 4) is 11.5 Å². The molecule has 33 heavy (non-hydrogen) atoms. The van der Waals surface area contributed by atoms with E-state index in [0.717, 1.165) is 42.0 Å². The van der Waals surface area contributed by atoms with Crippen LogP contribution in [0.3, 0.4) is 0 Å². The van der Waals surface area contributed by atoms with E-state index < -0.39 is 0 Å². The maximum atomic E-state index is 13.5. The maximum absolute atomic E-state index is 13.5. The highest BCUT2D eigenvalue weighted by molar-refractivity contribution is 7.16. The molecule has 0 amide bonds. The van der Waals surface area contributed by atoms with Crippen LogP contribution in [0.25, 0.3) is 11.5 Å². The number of nitrogens with zero attached hydrogens (tertiary/aromatic N) is 1. The zero-order valence-electron chi connectivity index (χ0n) is 20.7. The number of nitrogen functional groups attached to an aromatic ring is 1. The van der Waals surface area contributed by atoms with Crippen LogP contribution in [-0.4, -0.2) is 10.8 Å². The Morgan fingerprint density at radius 3 is 2.21 bits per heavy atom. The van der Waals surface area contributed by atoms with Gasteiger partial charge in [0.25, 0.3) is 0 Å². The van der Waals surface area contributed by atoms with Gasteiger partial charge in [-0.05, 0) is 31.4 Å². The molecular formula is C28H44N2O2S. The molecule has 184 valence electrons. The van der Waals surface area contributed by atoms with Gasteiger partial charge < -0.3 is 10.2 Å². The van der Waals surface area contributed by atoms with Gasteiger partial charge in [0.1, 0.15) is 11.5 Å². The van der Waals surface area contributed by atoms with E-state index in [1.165, 1.54) is 94.8 Å². The molecule has 2 heterocycles. The van der Waals surface area contributed by atoms with Crippen LogP contribution in [-0.2, 0) is 4.79 Å². The minimum atomic E-state index is -0.0916. The van der Waals surface area contributed by atoms with Crippen molar-refractivity contribution in [2.45, 2.75) is 122 Å². The zero-order chi connectivity index (χ0) is 23.3. The minimum Gasteiger partial charge on any atom is -0.463 e. The maximum Gasteiger partial charge on any atom is 0.180 e. The van der Waals surface area contributed by atoms with Gasteiger partial charge in [-0.3, -0.25) is 4.79 Å². The lowest BCUT2D eigenvalue weighted by atomic mass is 9.86. The SMILES string of the molecule is CCCCCCCCCCCCCCC(C(=O)C1CCCC1)c1sc(N)nc1-c1ccco1. The first-order valence-corrected chi connectivity index (χ1v) is 14.4. The summed E-state index contributed by atoms with van der Waals surface area (Å²) < 4.78 is 5.62. The Balaban J connectivity index is 1.47. The minimum absolute atomic E-state index is 0.0916. The molecule has 1 unspecified atom stereocenters. The summed E-state index contributed by atoms with van der Waals surface area (Å²) in [6.07, 6.45) is 23.0. The molecule has 2 aromatic rings. The summed E-state index contributed by atoms with van der Waals surface area (Å²) in [6.45, 7) is 2.28. The Labute approximate surface area is 204 Å².